The summed E-state index contributed by atoms with van der Waals surface area (Å²) < 4.78 is 1.82. The van der Waals surface area contributed by atoms with Crippen molar-refractivity contribution in [1.82, 2.24) is 19.5 Å². The minimum Gasteiger partial charge on any atom is -0.323 e. The van der Waals surface area contributed by atoms with E-state index < -0.39 is 0 Å². The summed E-state index contributed by atoms with van der Waals surface area (Å²) >= 11 is 0. The van der Waals surface area contributed by atoms with Crippen molar-refractivity contribution >= 4 is 11.6 Å². The zero-order chi connectivity index (χ0) is 17.6. The minimum atomic E-state index is -0.0260. The third-order valence-corrected chi connectivity index (χ3v) is 4.10. The van der Waals surface area contributed by atoms with Gasteiger partial charge in [-0.1, -0.05) is 30.3 Å². The first-order chi connectivity index (χ1) is 12.1. The second-order valence-corrected chi connectivity index (χ2v) is 5.94. The number of carbonyl (C=O) groups is 1. The number of hydrogen-bond acceptors (Lipinski definition) is 4. The number of nitrogens with one attached hydrogen (secondary N) is 1. The number of imidazole rings is 1. The first-order valence-corrected chi connectivity index (χ1v) is 8.30. The second kappa shape index (κ2) is 7.70. The van der Waals surface area contributed by atoms with Crippen LogP contribution in [0.15, 0.2) is 49.1 Å². The number of aromatic nitrogens is 4. The van der Waals surface area contributed by atoms with Crippen molar-refractivity contribution in [3.05, 3.63) is 66.0 Å². The summed E-state index contributed by atoms with van der Waals surface area (Å²) in [6.45, 7) is 3.91. The van der Waals surface area contributed by atoms with Crippen LogP contribution in [-0.4, -0.2) is 25.4 Å². The van der Waals surface area contributed by atoms with Gasteiger partial charge in [0, 0.05) is 12.1 Å². The fourth-order valence-corrected chi connectivity index (χ4v) is 2.53. The van der Waals surface area contributed by atoms with E-state index in [0.29, 0.717) is 18.1 Å². The summed E-state index contributed by atoms with van der Waals surface area (Å²) in [5.41, 5.74) is 3.79. The molecule has 0 atom stereocenters. The Labute approximate surface area is 147 Å². The first kappa shape index (κ1) is 16.8. The number of aryl methyl sites for hydroxylation is 2. The summed E-state index contributed by atoms with van der Waals surface area (Å²) in [4.78, 5) is 24.9. The molecule has 0 aliphatic heterocycles. The highest BCUT2D eigenvalue weighted by atomic mass is 16.1. The van der Waals surface area contributed by atoms with Gasteiger partial charge in [0.2, 0.25) is 11.9 Å². The maximum atomic E-state index is 12.0. The third kappa shape index (κ3) is 4.29. The molecule has 0 unspecified atom stereocenters. The lowest BCUT2D eigenvalue weighted by Crippen LogP contribution is -2.12. The quantitative estimate of drug-likeness (QED) is 0.750. The van der Waals surface area contributed by atoms with E-state index in [9.17, 15) is 4.79 Å². The molecule has 0 aliphatic rings. The van der Waals surface area contributed by atoms with Gasteiger partial charge in [-0.05, 0) is 32.3 Å². The molecule has 2 aromatic heterocycles. The molecule has 1 N–H and O–H groups in total. The molecule has 128 valence electrons. The van der Waals surface area contributed by atoms with Crippen LogP contribution in [0.25, 0.3) is 5.95 Å². The maximum absolute atomic E-state index is 12.0. The van der Waals surface area contributed by atoms with Gasteiger partial charge in [0.05, 0.1) is 23.8 Å². The Morgan fingerprint density at radius 1 is 1.08 bits per heavy atom. The number of anilines is 1. The minimum absolute atomic E-state index is 0.0260. The number of rotatable bonds is 6. The summed E-state index contributed by atoms with van der Waals surface area (Å²) in [6.07, 6.45) is 7.10. The van der Waals surface area contributed by atoms with E-state index in [1.807, 2.05) is 36.6 Å². The van der Waals surface area contributed by atoms with E-state index in [2.05, 4.69) is 32.4 Å². The van der Waals surface area contributed by atoms with Crippen molar-refractivity contribution in [3.8, 4) is 5.95 Å². The highest BCUT2D eigenvalue weighted by Gasteiger charge is 2.08. The third-order valence-electron chi connectivity index (χ3n) is 4.10. The Morgan fingerprint density at radius 3 is 2.44 bits per heavy atom. The molecule has 3 rings (SSSR count). The van der Waals surface area contributed by atoms with Gasteiger partial charge in [0.15, 0.2) is 0 Å². The van der Waals surface area contributed by atoms with E-state index in [4.69, 9.17) is 0 Å². The zero-order valence-corrected chi connectivity index (χ0v) is 14.4. The van der Waals surface area contributed by atoms with E-state index in [1.54, 1.807) is 18.7 Å². The molecule has 0 bridgehead atoms. The molecule has 0 saturated carbocycles. The molecule has 0 radical (unpaired) electrons. The van der Waals surface area contributed by atoms with Crippen molar-refractivity contribution in [3.63, 3.8) is 0 Å². The molecule has 0 saturated heterocycles. The number of amides is 1. The fourth-order valence-electron chi connectivity index (χ4n) is 2.53. The molecular formula is C19H21N5O. The molecule has 0 spiro atoms. The molecular weight excluding hydrogens is 314 g/mol. The highest BCUT2D eigenvalue weighted by Crippen LogP contribution is 2.12. The Hall–Kier alpha value is -3.02. The average molecular weight is 335 g/mol. The number of nitrogens with zero attached hydrogens (tertiary/aromatic N) is 4. The number of hydrogen-bond donors (Lipinski definition) is 1. The molecule has 2 heterocycles. The van der Waals surface area contributed by atoms with E-state index in [1.165, 1.54) is 5.56 Å². The maximum Gasteiger partial charge on any atom is 0.235 e. The van der Waals surface area contributed by atoms with Gasteiger partial charge in [0.1, 0.15) is 6.33 Å². The van der Waals surface area contributed by atoms with Crippen LogP contribution in [0, 0.1) is 13.8 Å². The lowest BCUT2D eigenvalue weighted by Gasteiger charge is -2.07. The molecule has 25 heavy (non-hydrogen) atoms. The van der Waals surface area contributed by atoms with Gasteiger partial charge in [-0.25, -0.2) is 15.0 Å². The number of benzene rings is 1. The molecule has 6 heteroatoms. The molecule has 6 nitrogen and oxygen atoms in total. The summed E-state index contributed by atoms with van der Waals surface area (Å²) in [6, 6.07) is 10.2. The van der Waals surface area contributed by atoms with Crippen LogP contribution in [0.1, 0.15) is 29.8 Å². The van der Waals surface area contributed by atoms with E-state index in [-0.39, 0.29) is 5.91 Å². The van der Waals surface area contributed by atoms with Gasteiger partial charge in [-0.2, -0.15) is 0 Å². The van der Waals surface area contributed by atoms with Gasteiger partial charge in [-0.15, -0.1) is 0 Å². The number of carbonyl (C=O) groups excluding carboxylic acids is 1. The molecule has 1 aromatic carbocycles. The Bertz CT molecular complexity index is 840. The zero-order valence-electron chi connectivity index (χ0n) is 14.4. The van der Waals surface area contributed by atoms with Crippen LogP contribution >= 0.6 is 0 Å². The van der Waals surface area contributed by atoms with Crippen LogP contribution in [0.2, 0.25) is 0 Å². The first-order valence-electron chi connectivity index (χ1n) is 8.30. The molecule has 0 fully saturated rings. The monoisotopic (exact) mass is 335 g/mol. The van der Waals surface area contributed by atoms with E-state index in [0.717, 1.165) is 24.2 Å². The average Bonchev–Trinajstić information content (AvgIpc) is 2.96. The Balaban J connectivity index is 1.52. The predicted octanol–water partition coefficient (Wildman–Crippen LogP) is 3.24. The predicted molar refractivity (Wildman–Crippen MR) is 96.6 cm³/mol. The van der Waals surface area contributed by atoms with Crippen molar-refractivity contribution in [2.75, 3.05) is 5.32 Å². The van der Waals surface area contributed by atoms with Crippen LogP contribution in [0.5, 0.6) is 0 Å². The highest BCUT2D eigenvalue weighted by molar-refractivity contribution is 5.90. The van der Waals surface area contributed by atoms with Gasteiger partial charge < -0.3 is 5.32 Å². The van der Waals surface area contributed by atoms with Crippen LogP contribution in [0.3, 0.4) is 0 Å². The molecule has 3 aromatic rings. The molecule has 0 aliphatic carbocycles. The van der Waals surface area contributed by atoms with Crippen LogP contribution < -0.4 is 5.32 Å². The van der Waals surface area contributed by atoms with Gasteiger partial charge in [0.25, 0.3) is 0 Å². The van der Waals surface area contributed by atoms with Gasteiger partial charge >= 0.3 is 0 Å². The standard InChI is InChI=1S/C19H21N5O/c1-14-15(2)24(13-22-14)19-20-11-17(12-21-19)23-18(25)10-6-9-16-7-4-3-5-8-16/h3-5,7-8,11-13H,6,9-10H2,1-2H3,(H,23,25). The Morgan fingerprint density at radius 2 is 1.80 bits per heavy atom. The van der Waals surface area contributed by atoms with Crippen molar-refractivity contribution < 1.29 is 4.79 Å². The molecule has 1 amide bonds. The fraction of sp³-hybridized carbons (Fsp3) is 0.263. The SMILES string of the molecule is Cc1ncn(-c2ncc(NC(=O)CCCc3ccccc3)cn2)c1C. The Kier molecular flexibility index (Phi) is 5.18. The largest absolute Gasteiger partial charge is 0.323 e. The van der Waals surface area contributed by atoms with Crippen molar-refractivity contribution in [2.24, 2.45) is 0 Å². The smallest absolute Gasteiger partial charge is 0.235 e. The van der Waals surface area contributed by atoms with Crippen LogP contribution in [-0.2, 0) is 11.2 Å². The van der Waals surface area contributed by atoms with Crippen molar-refractivity contribution in [2.45, 2.75) is 33.1 Å². The lowest BCUT2D eigenvalue weighted by atomic mass is 10.1. The van der Waals surface area contributed by atoms with E-state index >= 15 is 0 Å². The topological polar surface area (TPSA) is 72.7 Å². The van der Waals surface area contributed by atoms with Crippen molar-refractivity contribution in [1.29, 1.82) is 0 Å². The normalized spacial score (nSPS) is 10.6. The summed E-state index contributed by atoms with van der Waals surface area (Å²) in [7, 11) is 0. The van der Waals surface area contributed by atoms with Crippen LogP contribution in [0.4, 0.5) is 5.69 Å². The second-order valence-electron chi connectivity index (χ2n) is 5.94. The summed E-state index contributed by atoms with van der Waals surface area (Å²) in [5.74, 6) is 0.516. The summed E-state index contributed by atoms with van der Waals surface area (Å²) in [5, 5.41) is 2.84. The van der Waals surface area contributed by atoms with Gasteiger partial charge in [-0.3, -0.25) is 9.36 Å². The lowest BCUT2D eigenvalue weighted by molar-refractivity contribution is -0.116.